The molecule has 36 heavy (non-hydrogen) atoms. The summed E-state index contributed by atoms with van der Waals surface area (Å²) in [5, 5.41) is 4.98. The van der Waals surface area contributed by atoms with Crippen molar-refractivity contribution in [3.63, 3.8) is 0 Å². The maximum Gasteiger partial charge on any atom is 0.164 e. The smallest absolute Gasteiger partial charge is 0.164 e. The lowest BCUT2D eigenvalue weighted by molar-refractivity contribution is 0.669. The van der Waals surface area contributed by atoms with Gasteiger partial charge in [0.05, 0.1) is 0 Å². The number of furan rings is 1. The zero-order valence-corrected chi connectivity index (χ0v) is 19.8. The van der Waals surface area contributed by atoms with E-state index in [0.29, 0.717) is 22.5 Å². The minimum Gasteiger partial charge on any atom is -0.456 e. The van der Waals surface area contributed by atoms with Gasteiger partial charge in [0, 0.05) is 32.5 Å². The van der Waals surface area contributed by atoms with Crippen molar-refractivity contribution < 1.29 is 4.42 Å². The van der Waals surface area contributed by atoms with E-state index in [1.54, 1.807) is 0 Å². The second-order valence-electron chi connectivity index (χ2n) is 8.66. The van der Waals surface area contributed by atoms with Crippen LogP contribution in [0.1, 0.15) is 0 Å². The second kappa shape index (κ2) is 8.29. The van der Waals surface area contributed by atoms with Crippen LogP contribution in [0.3, 0.4) is 0 Å². The molecule has 0 fully saturated rings. The first-order valence-corrected chi connectivity index (χ1v) is 12.0. The molecule has 0 unspecified atom stereocenters. The van der Waals surface area contributed by atoms with Crippen LogP contribution in [0.2, 0.25) is 5.02 Å². The Morgan fingerprint density at radius 3 is 1.78 bits per heavy atom. The zero-order chi connectivity index (χ0) is 24.1. The molecule has 0 aliphatic heterocycles. The van der Waals surface area contributed by atoms with Crippen molar-refractivity contribution >= 4 is 44.3 Å². The largest absolute Gasteiger partial charge is 0.456 e. The first-order chi connectivity index (χ1) is 17.7. The maximum atomic E-state index is 6.32. The van der Waals surface area contributed by atoms with Crippen LogP contribution < -0.4 is 0 Å². The van der Waals surface area contributed by atoms with Crippen LogP contribution in [0.5, 0.6) is 0 Å². The summed E-state index contributed by atoms with van der Waals surface area (Å²) in [6.07, 6.45) is 0. The van der Waals surface area contributed by atoms with E-state index < -0.39 is 0 Å². The van der Waals surface area contributed by atoms with Crippen LogP contribution in [-0.4, -0.2) is 15.0 Å². The van der Waals surface area contributed by atoms with E-state index >= 15 is 0 Å². The molecule has 0 atom stereocenters. The average molecular weight is 484 g/mol. The number of halogens is 1. The van der Waals surface area contributed by atoms with E-state index in [4.69, 9.17) is 31.0 Å². The molecule has 0 amide bonds. The third-order valence-corrected chi connectivity index (χ3v) is 6.61. The molecule has 7 rings (SSSR count). The van der Waals surface area contributed by atoms with E-state index in [9.17, 15) is 0 Å². The van der Waals surface area contributed by atoms with E-state index in [0.717, 1.165) is 49.4 Å². The summed E-state index contributed by atoms with van der Waals surface area (Å²) in [7, 11) is 0. The van der Waals surface area contributed by atoms with Crippen LogP contribution in [0.15, 0.2) is 114 Å². The number of hydrogen-bond donors (Lipinski definition) is 0. The highest BCUT2D eigenvalue weighted by Crippen LogP contribution is 2.37. The number of aromatic nitrogens is 3. The van der Waals surface area contributed by atoms with Crippen molar-refractivity contribution in [2.24, 2.45) is 0 Å². The number of nitrogens with zero attached hydrogens (tertiary/aromatic N) is 3. The minimum absolute atomic E-state index is 0.595. The third-order valence-electron chi connectivity index (χ3n) is 6.37. The zero-order valence-electron chi connectivity index (χ0n) is 19.0. The lowest BCUT2D eigenvalue weighted by Gasteiger charge is -2.08. The van der Waals surface area contributed by atoms with Gasteiger partial charge in [-0.1, -0.05) is 90.5 Å². The highest BCUT2D eigenvalue weighted by molar-refractivity contribution is 6.32. The first kappa shape index (κ1) is 20.8. The van der Waals surface area contributed by atoms with Crippen LogP contribution in [0.4, 0.5) is 0 Å². The van der Waals surface area contributed by atoms with Crippen molar-refractivity contribution in [2.75, 3.05) is 0 Å². The van der Waals surface area contributed by atoms with Crippen LogP contribution in [0.25, 0.3) is 66.9 Å². The summed E-state index contributed by atoms with van der Waals surface area (Å²) < 4.78 is 6.28. The van der Waals surface area contributed by atoms with Crippen molar-refractivity contribution in [1.29, 1.82) is 0 Å². The van der Waals surface area contributed by atoms with Gasteiger partial charge in [-0.2, -0.15) is 0 Å². The standard InChI is InChI=1S/C31H18ClN3O/c32-23-14-11-19-13-16-26-28(25(19)18-23)24-15-12-22(17-27(24)36-26)31-34-29(20-7-3-1-4-8-20)33-30(35-31)21-9-5-2-6-10-21/h1-18H. The molecule has 0 N–H and O–H groups in total. The van der Waals surface area contributed by atoms with E-state index in [1.165, 1.54) is 0 Å². The van der Waals surface area contributed by atoms with Gasteiger partial charge in [0.15, 0.2) is 17.5 Å². The summed E-state index contributed by atoms with van der Waals surface area (Å²) in [4.78, 5) is 14.5. The van der Waals surface area contributed by atoms with E-state index in [2.05, 4.69) is 12.1 Å². The Labute approximate surface area is 211 Å². The maximum absolute atomic E-state index is 6.32. The summed E-state index contributed by atoms with van der Waals surface area (Å²) >= 11 is 6.32. The molecule has 170 valence electrons. The predicted molar refractivity (Wildman–Crippen MR) is 146 cm³/mol. The molecule has 4 nitrogen and oxygen atoms in total. The topological polar surface area (TPSA) is 51.8 Å². The Morgan fingerprint density at radius 2 is 1.11 bits per heavy atom. The molecule has 0 bridgehead atoms. The fraction of sp³-hybridized carbons (Fsp3) is 0. The monoisotopic (exact) mass is 483 g/mol. The highest BCUT2D eigenvalue weighted by Gasteiger charge is 2.15. The fourth-order valence-electron chi connectivity index (χ4n) is 4.64. The van der Waals surface area contributed by atoms with Gasteiger partial charge >= 0.3 is 0 Å². The van der Waals surface area contributed by atoms with Crippen molar-refractivity contribution in [2.45, 2.75) is 0 Å². The second-order valence-corrected chi connectivity index (χ2v) is 9.09. The van der Waals surface area contributed by atoms with Gasteiger partial charge in [0.1, 0.15) is 11.2 Å². The lowest BCUT2D eigenvalue weighted by Crippen LogP contribution is -2.00. The quantitative estimate of drug-likeness (QED) is 0.252. The number of hydrogen-bond acceptors (Lipinski definition) is 4. The van der Waals surface area contributed by atoms with Gasteiger partial charge in [-0.3, -0.25) is 0 Å². The number of rotatable bonds is 3. The average Bonchev–Trinajstić information content (AvgIpc) is 3.32. The number of fused-ring (bicyclic) bond motifs is 5. The van der Waals surface area contributed by atoms with Crippen LogP contribution in [-0.2, 0) is 0 Å². The van der Waals surface area contributed by atoms with Gasteiger partial charge in [0.2, 0.25) is 0 Å². The summed E-state index contributed by atoms with van der Waals surface area (Å²) in [6, 6.07) is 36.0. The third kappa shape index (κ3) is 3.51. The van der Waals surface area contributed by atoms with E-state index in [1.807, 2.05) is 97.1 Å². The molecule has 0 aliphatic rings. The first-order valence-electron chi connectivity index (χ1n) is 11.6. The molecule has 7 aromatic rings. The Hall–Kier alpha value is -4.54. The molecule has 2 aromatic heterocycles. The van der Waals surface area contributed by atoms with Crippen LogP contribution >= 0.6 is 11.6 Å². The molecule has 2 heterocycles. The summed E-state index contributed by atoms with van der Waals surface area (Å²) in [5.74, 6) is 1.85. The number of benzene rings is 5. The van der Waals surface area contributed by atoms with Gasteiger partial charge in [0.25, 0.3) is 0 Å². The molecular weight excluding hydrogens is 466 g/mol. The van der Waals surface area contributed by atoms with Crippen molar-refractivity contribution in [1.82, 2.24) is 15.0 Å². The normalized spacial score (nSPS) is 11.5. The Morgan fingerprint density at radius 1 is 0.500 bits per heavy atom. The highest BCUT2D eigenvalue weighted by atomic mass is 35.5. The predicted octanol–water partition coefficient (Wildman–Crippen LogP) is 8.58. The van der Waals surface area contributed by atoms with Crippen LogP contribution in [0, 0.1) is 0 Å². The SMILES string of the molecule is Clc1ccc2ccc3oc4cc(-c5nc(-c6ccccc6)nc(-c6ccccc6)n5)ccc4c3c2c1. The summed E-state index contributed by atoms with van der Waals surface area (Å²) in [6.45, 7) is 0. The Bertz CT molecular complexity index is 1840. The van der Waals surface area contributed by atoms with Gasteiger partial charge < -0.3 is 4.42 Å². The van der Waals surface area contributed by atoms with Gasteiger partial charge in [-0.05, 0) is 41.1 Å². The lowest BCUT2D eigenvalue weighted by atomic mass is 10.0. The molecule has 0 saturated heterocycles. The minimum atomic E-state index is 0.595. The molecular formula is C31H18ClN3O. The molecule has 5 heteroatoms. The molecule has 5 aromatic carbocycles. The molecule has 0 spiro atoms. The van der Waals surface area contributed by atoms with Gasteiger partial charge in [-0.25, -0.2) is 15.0 Å². The Balaban J connectivity index is 1.44. The molecule has 0 saturated carbocycles. The summed E-state index contributed by atoms with van der Waals surface area (Å²) in [5.41, 5.74) is 4.33. The van der Waals surface area contributed by atoms with E-state index in [-0.39, 0.29) is 0 Å². The molecule has 0 aliphatic carbocycles. The fourth-order valence-corrected chi connectivity index (χ4v) is 4.82. The van der Waals surface area contributed by atoms with Crippen molar-refractivity contribution in [3.8, 4) is 34.2 Å². The Kier molecular flexibility index (Phi) is 4.79. The van der Waals surface area contributed by atoms with Gasteiger partial charge in [-0.15, -0.1) is 0 Å². The van der Waals surface area contributed by atoms with Crippen molar-refractivity contribution in [3.05, 3.63) is 114 Å². The molecule has 0 radical (unpaired) electrons.